The highest BCUT2D eigenvalue weighted by Crippen LogP contribution is 2.30. The molecular weight excluding hydrogens is 210 g/mol. The molecule has 2 N–H and O–H groups in total. The fourth-order valence-corrected chi connectivity index (χ4v) is 2.63. The lowest BCUT2D eigenvalue weighted by molar-refractivity contribution is 0.784. The molecule has 3 rings (SSSR count). The van der Waals surface area contributed by atoms with Crippen molar-refractivity contribution in [1.29, 1.82) is 0 Å². The summed E-state index contributed by atoms with van der Waals surface area (Å²) in [5.41, 5.74) is 12.3. The molecule has 0 bridgehead atoms. The van der Waals surface area contributed by atoms with Crippen LogP contribution in [0.2, 0.25) is 0 Å². The molecule has 3 nitrogen and oxygen atoms in total. The molecule has 17 heavy (non-hydrogen) atoms. The second-order valence-corrected chi connectivity index (χ2v) is 4.79. The number of hydrogen-bond donors (Lipinski definition) is 1. The second kappa shape index (κ2) is 3.62. The first-order valence-corrected chi connectivity index (χ1v) is 6.11. The third-order valence-electron chi connectivity index (χ3n) is 3.77. The quantitative estimate of drug-likeness (QED) is 0.813. The Morgan fingerprint density at radius 2 is 2.06 bits per heavy atom. The summed E-state index contributed by atoms with van der Waals surface area (Å²) in [6.07, 6.45) is 3.36. The SMILES string of the molecule is Cc1cccc(-n2nc(N)c3c2CCC3)c1C. The van der Waals surface area contributed by atoms with Gasteiger partial charge < -0.3 is 5.73 Å². The van der Waals surface area contributed by atoms with E-state index >= 15 is 0 Å². The van der Waals surface area contributed by atoms with Crippen LogP contribution in [0.5, 0.6) is 0 Å². The van der Waals surface area contributed by atoms with Gasteiger partial charge in [-0.05, 0) is 50.3 Å². The molecule has 88 valence electrons. The van der Waals surface area contributed by atoms with Crippen molar-refractivity contribution in [3.63, 3.8) is 0 Å². The van der Waals surface area contributed by atoms with Gasteiger partial charge in [0.15, 0.2) is 0 Å². The van der Waals surface area contributed by atoms with Gasteiger partial charge in [-0.15, -0.1) is 0 Å². The van der Waals surface area contributed by atoms with Crippen molar-refractivity contribution >= 4 is 5.82 Å². The zero-order chi connectivity index (χ0) is 12.0. The molecule has 0 saturated heterocycles. The van der Waals surface area contributed by atoms with E-state index in [0.29, 0.717) is 5.82 Å². The third kappa shape index (κ3) is 1.46. The molecule has 1 aromatic carbocycles. The first-order chi connectivity index (χ1) is 8.18. The van der Waals surface area contributed by atoms with Gasteiger partial charge in [0.2, 0.25) is 0 Å². The molecule has 1 aliphatic carbocycles. The maximum absolute atomic E-state index is 5.99. The predicted octanol–water partition coefficient (Wildman–Crippen LogP) is 2.56. The molecule has 0 spiro atoms. The standard InChI is InChI=1S/C14H17N3/c1-9-5-3-7-12(10(9)2)17-13-8-4-6-11(13)14(15)16-17/h3,5,7H,4,6,8H2,1-2H3,(H2,15,16). The number of nitrogens with zero attached hydrogens (tertiary/aromatic N) is 2. The minimum absolute atomic E-state index is 0.707. The van der Waals surface area contributed by atoms with Crippen LogP contribution >= 0.6 is 0 Å². The zero-order valence-corrected chi connectivity index (χ0v) is 10.3. The molecule has 0 aliphatic heterocycles. The summed E-state index contributed by atoms with van der Waals surface area (Å²) in [5.74, 6) is 0.707. The highest BCUT2D eigenvalue weighted by Gasteiger charge is 2.22. The van der Waals surface area contributed by atoms with Crippen molar-refractivity contribution in [1.82, 2.24) is 9.78 Å². The Balaban J connectivity index is 2.23. The highest BCUT2D eigenvalue weighted by atomic mass is 15.3. The van der Waals surface area contributed by atoms with Gasteiger partial charge in [-0.3, -0.25) is 0 Å². The van der Waals surface area contributed by atoms with Gasteiger partial charge in [0.05, 0.1) is 5.69 Å². The zero-order valence-electron chi connectivity index (χ0n) is 10.3. The second-order valence-electron chi connectivity index (χ2n) is 4.79. The van der Waals surface area contributed by atoms with Crippen molar-refractivity contribution < 1.29 is 0 Å². The van der Waals surface area contributed by atoms with Crippen molar-refractivity contribution in [3.05, 3.63) is 40.6 Å². The Bertz CT molecular complexity index is 581. The molecule has 0 atom stereocenters. The summed E-state index contributed by atoms with van der Waals surface area (Å²) in [6, 6.07) is 6.33. The fraction of sp³-hybridized carbons (Fsp3) is 0.357. The summed E-state index contributed by atoms with van der Waals surface area (Å²) in [7, 11) is 0. The van der Waals surface area contributed by atoms with Crippen molar-refractivity contribution in [2.75, 3.05) is 5.73 Å². The first kappa shape index (κ1) is 10.4. The summed E-state index contributed by atoms with van der Waals surface area (Å²) >= 11 is 0. The van der Waals surface area contributed by atoms with E-state index in [1.807, 2.05) is 4.68 Å². The van der Waals surface area contributed by atoms with E-state index in [1.165, 1.54) is 34.5 Å². The van der Waals surface area contributed by atoms with Crippen LogP contribution in [0, 0.1) is 13.8 Å². The van der Waals surface area contributed by atoms with Crippen molar-refractivity contribution in [3.8, 4) is 5.69 Å². The van der Waals surface area contributed by atoms with E-state index in [9.17, 15) is 0 Å². The van der Waals surface area contributed by atoms with Crippen LogP contribution in [0.1, 0.15) is 28.8 Å². The summed E-state index contributed by atoms with van der Waals surface area (Å²) in [4.78, 5) is 0. The summed E-state index contributed by atoms with van der Waals surface area (Å²) in [6.45, 7) is 4.27. The number of anilines is 1. The summed E-state index contributed by atoms with van der Waals surface area (Å²) in [5, 5.41) is 4.50. The number of hydrogen-bond acceptors (Lipinski definition) is 2. The van der Waals surface area contributed by atoms with E-state index in [1.54, 1.807) is 0 Å². The van der Waals surface area contributed by atoms with Gasteiger partial charge in [-0.25, -0.2) is 4.68 Å². The maximum Gasteiger partial charge on any atom is 0.149 e. The number of aromatic nitrogens is 2. The number of nitrogens with two attached hydrogens (primary N) is 1. The van der Waals surface area contributed by atoms with Crippen LogP contribution in [0.3, 0.4) is 0 Å². The van der Waals surface area contributed by atoms with Crippen LogP contribution < -0.4 is 5.73 Å². The van der Waals surface area contributed by atoms with Gasteiger partial charge in [0, 0.05) is 11.3 Å². The smallest absolute Gasteiger partial charge is 0.149 e. The number of fused-ring (bicyclic) bond motifs is 1. The van der Waals surface area contributed by atoms with Crippen LogP contribution in [0.4, 0.5) is 5.82 Å². The van der Waals surface area contributed by atoms with E-state index in [0.717, 1.165) is 12.8 Å². The van der Waals surface area contributed by atoms with Crippen LogP contribution in [-0.4, -0.2) is 9.78 Å². The van der Waals surface area contributed by atoms with Crippen LogP contribution in [0.15, 0.2) is 18.2 Å². The van der Waals surface area contributed by atoms with E-state index in [-0.39, 0.29) is 0 Å². The molecule has 0 saturated carbocycles. The fourth-order valence-electron chi connectivity index (χ4n) is 2.63. The Hall–Kier alpha value is -1.77. The topological polar surface area (TPSA) is 43.8 Å². The average Bonchev–Trinajstić information content (AvgIpc) is 2.87. The lowest BCUT2D eigenvalue weighted by Gasteiger charge is -2.10. The summed E-state index contributed by atoms with van der Waals surface area (Å²) < 4.78 is 2.04. The largest absolute Gasteiger partial charge is 0.382 e. The highest BCUT2D eigenvalue weighted by molar-refractivity contribution is 5.52. The maximum atomic E-state index is 5.99. The number of aryl methyl sites for hydroxylation is 1. The number of benzene rings is 1. The average molecular weight is 227 g/mol. The van der Waals surface area contributed by atoms with Gasteiger partial charge >= 0.3 is 0 Å². The molecule has 0 radical (unpaired) electrons. The van der Waals surface area contributed by atoms with E-state index in [2.05, 4.69) is 37.1 Å². The number of rotatable bonds is 1. The Morgan fingerprint density at radius 1 is 1.24 bits per heavy atom. The molecule has 1 aliphatic rings. The normalized spacial score (nSPS) is 14.0. The molecular formula is C14H17N3. The third-order valence-corrected chi connectivity index (χ3v) is 3.77. The Labute approximate surface area is 101 Å². The predicted molar refractivity (Wildman–Crippen MR) is 69.5 cm³/mol. The molecule has 0 amide bonds. The Morgan fingerprint density at radius 3 is 2.88 bits per heavy atom. The van der Waals surface area contributed by atoms with Gasteiger partial charge in [0.1, 0.15) is 5.82 Å². The van der Waals surface area contributed by atoms with E-state index in [4.69, 9.17) is 5.73 Å². The van der Waals surface area contributed by atoms with Gasteiger partial charge in [0.25, 0.3) is 0 Å². The van der Waals surface area contributed by atoms with Crippen LogP contribution in [-0.2, 0) is 12.8 Å². The monoisotopic (exact) mass is 227 g/mol. The van der Waals surface area contributed by atoms with Gasteiger partial charge in [-0.2, -0.15) is 5.10 Å². The molecule has 0 unspecified atom stereocenters. The first-order valence-electron chi connectivity index (χ1n) is 6.11. The van der Waals surface area contributed by atoms with E-state index < -0.39 is 0 Å². The molecule has 0 fully saturated rings. The molecule has 3 heteroatoms. The lowest BCUT2D eigenvalue weighted by Crippen LogP contribution is -2.04. The molecule has 1 aromatic heterocycles. The van der Waals surface area contributed by atoms with Crippen molar-refractivity contribution in [2.45, 2.75) is 33.1 Å². The number of nitrogen functional groups attached to an aromatic ring is 1. The van der Waals surface area contributed by atoms with Gasteiger partial charge in [-0.1, -0.05) is 12.1 Å². The minimum atomic E-state index is 0.707. The van der Waals surface area contributed by atoms with Crippen LogP contribution in [0.25, 0.3) is 5.69 Å². The van der Waals surface area contributed by atoms with Crippen molar-refractivity contribution in [2.24, 2.45) is 0 Å². The molecule has 2 aromatic rings. The Kier molecular flexibility index (Phi) is 2.21. The lowest BCUT2D eigenvalue weighted by atomic mass is 10.1. The molecule has 1 heterocycles. The minimum Gasteiger partial charge on any atom is -0.382 e.